The molecule has 2 aromatic heterocycles. The summed E-state index contributed by atoms with van der Waals surface area (Å²) in [7, 11) is 2.15. The molecule has 2 aliphatic rings. The monoisotopic (exact) mass is 440 g/mol. The van der Waals surface area contributed by atoms with E-state index in [0.29, 0.717) is 18.9 Å². The molecule has 4 rings (SSSR count). The van der Waals surface area contributed by atoms with Crippen LogP contribution in [-0.4, -0.2) is 79.7 Å². The van der Waals surface area contributed by atoms with E-state index in [-0.39, 0.29) is 11.9 Å². The van der Waals surface area contributed by atoms with Gasteiger partial charge < -0.3 is 25.3 Å². The van der Waals surface area contributed by atoms with Gasteiger partial charge in [0.2, 0.25) is 0 Å². The van der Waals surface area contributed by atoms with Gasteiger partial charge in [0.1, 0.15) is 5.82 Å². The third-order valence-corrected chi connectivity index (χ3v) is 5.99. The minimum atomic E-state index is -0.276. The minimum Gasteiger partial charge on any atom is -0.357 e. The summed E-state index contributed by atoms with van der Waals surface area (Å²) in [6.07, 6.45) is 4.39. The Kier molecular flexibility index (Phi) is 7.36. The molecule has 32 heavy (non-hydrogen) atoms. The fraction of sp³-hybridized carbons (Fsp3) is 0.522. The summed E-state index contributed by atoms with van der Waals surface area (Å²) in [6.45, 7) is 8.87. The molecular weight excluding hydrogens is 407 g/mol. The van der Waals surface area contributed by atoms with E-state index in [1.165, 1.54) is 6.07 Å². The van der Waals surface area contributed by atoms with Crippen molar-refractivity contribution >= 4 is 17.6 Å². The number of aromatic nitrogens is 2. The van der Waals surface area contributed by atoms with Gasteiger partial charge in [0.25, 0.3) is 0 Å². The first kappa shape index (κ1) is 22.3. The molecule has 0 spiro atoms. The lowest BCUT2D eigenvalue weighted by Crippen LogP contribution is -2.45. The van der Waals surface area contributed by atoms with Gasteiger partial charge in [0.05, 0.1) is 6.54 Å². The van der Waals surface area contributed by atoms with E-state index in [0.717, 1.165) is 63.0 Å². The normalized spacial score (nSPS) is 20.0. The van der Waals surface area contributed by atoms with Crippen molar-refractivity contribution in [3.05, 3.63) is 48.0 Å². The molecule has 8 nitrogen and oxygen atoms in total. The topological polar surface area (TPSA) is 71.9 Å². The van der Waals surface area contributed by atoms with Gasteiger partial charge in [-0.1, -0.05) is 6.07 Å². The predicted octanol–water partition coefficient (Wildman–Crippen LogP) is 1.70. The van der Waals surface area contributed by atoms with E-state index in [1.54, 1.807) is 12.3 Å². The number of guanidine groups is 1. The number of likely N-dealkylation sites (N-methyl/N-ethyl adjacent to an activating group) is 1. The van der Waals surface area contributed by atoms with Gasteiger partial charge in [0.15, 0.2) is 17.6 Å². The second kappa shape index (κ2) is 10.6. The van der Waals surface area contributed by atoms with Crippen LogP contribution in [0, 0.1) is 5.82 Å². The average Bonchev–Trinajstić information content (AvgIpc) is 3.27. The van der Waals surface area contributed by atoms with E-state index < -0.39 is 0 Å². The van der Waals surface area contributed by atoms with Crippen molar-refractivity contribution < 1.29 is 4.39 Å². The molecule has 2 aliphatic heterocycles. The van der Waals surface area contributed by atoms with Crippen molar-refractivity contribution in [2.45, 2.75) is 25.9 Å². The van der Waals surface area contributed by atoms with Gasteiger partial charge >= 0.3 is 0 Å². The Morgan fingerprint density at radius 2 is 1.81 bits per heavy atom. The number of pyridine rings is 2. The third-order valence-electron chi connectivity index (χ3n) is 5.99. The van der Waals surface area contributed by atoms with Crippen molar-refractivity contribution in [2.75, 3.05) is 62.7 Å². The number of nitrogens with zero attached hydrogens (tertiary/aromatic N) is 6. The molecule has 172 valence electrons. The van der Waals surface area contributed by atoms with Crippen LogP contribution < -0.4 is 20.4 Å². The molecule has 4 heterocycles. The average molecular weight is 441 g/mol. The van der Waals surface area contributed by atoms with Crippen molar-refractivity contribution in [3.63, 3.8) is 0 Å². The summed E-state index contributed by atoms with van der Waals surface area (Å²) >= 11 is 0. The van der Waals surface area contributed by atoms with E-state index in [4.69, 9.17) is 4.99 Å². The summed E-state index contributed by atoms with van der Waals surface area (Å²) in [5, 5.41) is 6.86. The second-order valence-electron chi connectivity index (χ2n) is 8.36. The Balaban J connectivity index is 1.41. The highest BCUT2D eigenvalue weighted by Gasteiger charge is 2.26. The molecule has 9 heteroatoms. The number of rotatable bonds is 6. The molecule has 2 aromatic rings. The predicted molar refractivity (Wildman–Crippen MR) is 127 cm³/mol. The minimum absolute atomic E-state index is 0.181. The molecule has 0 saturated carbocycles. The van der Waals surface area contributed by atoms with Gasteiger partial charge in [-0.2, -0.15) is 0 Å². The molecule has 0 amide bonds. The van der Waals surface area contributed by atoms with Crippen molar-refractivity contribution in [1.29, 1.82) is 0 Å². The van der Waals surface area contributed by atoms with Crippen LogP contribution in [0.5, 0.6) is 0 Å². The Morgan fingerprint density at radius 3 is 2.56 bits per heavy atom. The van der Waals surface area contributed by atoms with E-state index in [9.17, 15) is 4.39 Å². The molecule has 2 fully saturated rings. The Labute approximate surface area is 189 Å². The lowest BCUT2D eigenvalue weighted by Gasteiger charge is -2.34. The summed E-state index contributed by atoms with van der Waals surface area (Å²) < 4.78 is 14.1. The van der Waals surface area contributed by atoms with Crippen LogP contribution in [-0.2, 0) is 6.54 Å². The Hall–Kier alpha value is -2.94. The Bertz CT molecular complexity index is 912. The number of piperazine rings is 1. The fourth-order valence-electron chi connectivity index (χ4n) is 4.21. The quantitative estimate of drug-likeness (QED) is 0.523. The maximum absolute atomic E-state index is 14.1. The number of nitrogens with one attached hydrogen (secondary N) is 2. The van der Waals surface area contributed by atoms with Crippen LogP contribution >= 0.6 is 0 Å². The highest BCUT2D eigenvalue weighted by molar-refractivity contribution is 5.80. The summed E-state index contributed by atoms with van der Waals surface area (Å²) in [5.74, 6) is 1.94. The number of aliphatic imine (C=N–C) groups is 1. The first-order chi connectivity index (χ1) is 15.6. The van der Waals surface area contributed by atoms with E-state index in [1.807, 2.05) is 17.2 Å². The summed E-state index contributed by atoms with van der Waals surface area (Å²) in [5.41, 5.74) is 1.12. The van der Waals surface area contributed by atoms with Gasteiger partial charge in [-0.3, -0.25) is 0 Å². The number of hydrogen-bond acceptors (Lipinski definition) is 6. The molecule has 2 saturated heterocycles. The zero-order valence-corrected chi connectivity index (χ0v) is 19.0. The molecule has 1 atom stereocenters. The smallest absolute Gasteiger partial charge is 0.191 e. The van der Waals surface area contributed by atoms with Crippen LogP contribution in [0.2, 0.25) is 0 Å². The summed E-state index contributed by atoms with van der Waals surface area (Å²) in [6, 6.07) is 7.34. The van der Waals surface area contributed by atoms with Crippen LogP contribution in [0.4, 0.5) is 16.0 Å². The highest BCUT2D eigenvalue weighted by atomic mass is 19.1. The largest absolute Gasteiger partial charge is 0.357 e. The molecule has 0 aliphatic carbocycles. The van der Waals surface area contributed by atoms with E-state index >= 15 is 0 Å². The van der Waals surface area contributed by atoms with Gasteiger partial charge in [-0.15, -0.1) is 0 Å². The van der Waals surface area contributed by atoms with Gasteiger partial charge in [0, 0.05) is 69.8 Å². The van der Waals surface area contributed by atoms with Crippen molar-refractivity contribution in [2.24, 2.45) is 4.99 Å². The maximum atomic E-state index is 14.1. The van der Waals surface area contributed by atoms with Crippen molar-refractivity contribution in [1.82, 2.24) is 25.5 Å². The third kappa shape index (κ3) is 5.45. The van der Waals surface area contributed by atoms with E-state index in [2.05, 4.69) is 50.4 Å². The van der Waals surface area contributed by atoms with Gasteiger partial charge in [-0.05, 0) is 38.6 Å². The molecule has 0 radical (unpaired) electrons. The van der Waals surface area contributed by atoms with Gasteiger partial charge in [-0.25, -0.2) is 19.4 Å². The van der Waals surface area contributed by atoms with Crippen LogP contribution in [0.3, 0.4) is 0 Å². The first-order valence-electron chi connectivity index (χ1n) is 11.4. The first-order valence-corrected chi connectivity index (χ1v) is 11.4. The highest BCUT2D eigenvalue weighted by Crippen LogP contribution is 2.21. The van der Waals surface area contributed by atoms with Crippen LogP contribution in [0.1, 0.15) is 18.9 Å². The lowest BCUT2D eigenvalue weighted by atomic mass is 10.2. The number of halogens is 1. The molecular formula is C23H33FN8. The lowest BCUT2D eigenvalue weighted by molar-refractivity contribution is 0.312. The number of hydrogen-bond donors (Lipinski definition) is 2. The number of anilines is 2. The SMILES string of the molecule is CCNC(=NCc1cccnc1N1CCN(C)CC1)NC1CCN(c2ncccc2F)C1. The maximum Gasteiger partial charge on any atom is 0.191 e. The molecule has 1 unspecified atom stereocenters. The Morgan fingerprint density at radius 1 is 1.06 bits per heavy atom. The van der Waals surface area contributed by atoms with Crippen molar-refractivity contribution in [3.8, 4) is 0 Å². The molecule has 0 aromatic carbocycles. The molecule has 0 bridgehead atoms. The zero-order chi connectivity index (χ0) is 22.3. The second-order valence-corrected chi connectivity index (χ2v) is 8.36. The fourth-order valence-corrected chi connectivity index (χ4v) is 4.21. The zero-order valence-electron chi connectivity index (χ0n) is 19.0. The van der Waals surface area contributed by atoms with Crippen LogP contribution in [0.15, 0.2) is 41.7 Å². The van der Waals surface area contributed by atoms with Crippen LogP contribution in [0.25, 0.3) is 0 Å². The standard InChI is InChI=1S/C23H33FN8/c1-3-25-23(29-19-8-11-32(17-19)22-20(24)7-5-10-27-22)28-16-18-6-4-9-26-21(18)31-14-12-30(2)13-15-31/h4-7,9-10,19H,3,8,11-17H2,1-2H3,(H2,25,28,29). The molecule has 2 N–H and O–H groups in total. The summed E-state index contributed by atoms with van der Waals surface area (Å²) in [4.78, 5) is 20.4.